The molecule has 0 heterocycles. The normalized spacial score (nSPS) is 10.8. The molecule has 0 aliphatic rings. The van der Waals surface area contributed by atoms with Gasteiger partial charge < -0.3 is 34.9 Å². The lowest BCUT2D eigenvalue weighted by Gasteiger charge is -2.19. The number of hydrogen-bond donors (Lipinski definition) is 3. The Hall–Kier alpha value is -4.73. The molecule has 0 aliphatic carbocycles. The Kier molecular flexibility index (Phi) is 9.97. The maximum absolute atomic E-state index is 13.1. The van der Waals surface area contributed by atoms with E-state index in [0.717, 1.165) is 0 Å². The zero-order valence-electron chi connectivity index (χ0n) is 23.3. The Bertz CT molecular complexity index is 1330. The number of phenolic OH excluding ortho intramolecular Hbond substituents is 1. The van der Waals surface area contributed by atoms with Crippen LogP contribution in [0.5, 0.6) is 17.2 Å². The number of benzene rings is 3. The van der Waals surface area contributed by atoms with Gasteiger partial charge in [0.1, 0.15) is 22.8 Å². The highest BCUT2D eigenvalue weighted by molar-refractivity contribution is 6.09. The van der Waals surface area contributed by atoms with Gasteiger partial charge in [-0.15, -0.1) is 0 Å². The van der Waals surface area contributed by atoms with Crippen LogP contribution in [0.15, 0.2) is 66.7 Å². The van der Waals surface area contributed by atoms with Crippen LogP contribution in [-0.2, 0) is 4.74 Å². The quantitative estimate of drug-likeness (QED) is 0.296. The summed E-state index contributed by atoms with van der Waals surface area (Å²) in [7, 11) is 3.08. The third kappa shape index (κ3) is 8.39. The van der Waals surface area contributed by atoms with Crippen LogP contribution in [0.2, 0.25) is 0 Å². The van der Waals surface area contributed by atoms with E-state index in [1.165, 1.54) is 24.1 Å². The molecule has 3 rings (SSSR count). The van der Waals surface area contributed by atoms with Crippen LogP contribution in [0.3, 0.4) is 0 Å². The zero-order chi connectivity index (χ0) is 29.3. The molecule has 0 fully saturated rings. The number of nitrogens with zero attached hydrogens (tertiary/aromatic N) is 1. The van der Waals surface area contributed by atoms with Crippen molar-refractivity contribution in [3.8, 4) is 17.2 Å². The summed E-state index contributed by atoms with van der Waals surface area (Å²) in [5.74, 6) is 0.0971. The fraction of sp³-hybridized carbons (Fsp3) is 0.300. The van der Waals surface area contributed by atoms with Gasteiger partial charge in [0.2, 0.25) is 0 Å². The molecule has 0 bridgehead atoms. The molecule has 3 aromatic carbocycles. The minimum absolute atomic E-state index is 0.105. The van der Waals surface area contributed by atoms with E-state index >= 15 is 0 Å². The topological polar surface area (TPSA) is 126 Å². The predicted octanol–water partition coefficient (Wildman–Crippen LogP) is 5.22. The molecule has 10 nitrogen and oxygen atoms in total. The molecule has 0 saturated carbocycles. The van der Waals surface area contributed by atoms with Crippen molar-refractivity contribution in [2.45, 2.75) is 32.8 Å². The van der Waals surface area contributed by atoms with Crippen molar-refractivity contribution in [2.75, 3.05) is 37.5 Å². The first-order chi connectivity index (χ1) is 19.0. The summed E-state index contributed by atoms with van der Waals surface area (Å²) in [5, 5.41) is 15.0. The Morgan fingerprint density at radius 2 is 1.65 bits per heavy atom. The largest absolute Gasteiger partial charge is 0.508 e. The van der Waals surface area contributed by atoms with Crippen LogP contribution in [0.1, 0.15) is 47.9 Å². The standard InChI is InChI=1S/C30H35N3O7/c1-30(2,3)40-29(37)31-17-8-18-39-25-10-7-6-9-23(25)27(35)32-24-16-11-20(19-26(24)38-5)28(36)33(4)21-12-14-22(34)15-13-21/h6-7,9-16,19,34H,8,17-18H2,1-5H3,(H,31,37)(H,32,35). The van der Waals surface area contributed by atoms with Gasteiger partial charge in [-0.25, -0.2) is 4.79 Å². The van der Waals surface area contributed by atoms with E-state index in [4.69, 9.17) is 14.2 Å². The number of alkyl carbamates (subject to hydrolysis) is 1. The van der Waals surface area contributed by atoms with Gasteiger partial charge in [0.15, 0.2) is 0 Å². The summed E-state index contributed by atoms with van der Waals surface area (Å²) in [6.45, 7) is 6.00. The van der Waals surface area contributed by atoms with Gasteiger partial charge in [-0.2, -0.15) is 0 Å². The second kappa shape index (κ2) is 13.4. The number of carbonyl (C=O) groups is 3. The fourth-order valence-corrected chi connectivity index (χ4v) is 3.64. The van der Waals surface area contributed by atoms with Crippen molar-refractivity contribution >= 4 is 29.3 Å². The Morgan fingerprint density at radius 1 is 0.950 bits per heavy atom. The number of aromatic hydroxyl groups is 1. The number of amides is 3. The SMILES string of the molecule is COc1cc(C(=O)N(C)c2ccc(O)cc2)ccc1NC(=O)c1ccccc1OCCCNC(=O)OC(C)(C)C. The molecule has 212 valence electrons. The lowest BCUT2D eigenvalue weighted by molar-refractivity contribution is 0.0525. The number of para-hydroxylation sites is 1. The average Bonchev–Trinajstić information content (AvgIpc) is 2.92. The van der Waals surface area contributed by atoms with Crippen molar-refractivity contribution in [3.05, 3.63) is 77.9 Å². The lowest BCUT2D eigenvalue weighted by atomic mass is 10.1. The second-order valence-corrected chi connectivity index (χ2v) is 9.88. The molecule has 0 aromatic heterocycles. The van der Waals surface area contributed by atoms with E-state index < -0.39 is 17.6 Å². The zero-order valence-corrected chi connectivity index (χ0v) is 23.3. The highest BCUT2D eigenvalue weighted by Crippen LogP contribution is 2.29. The molecule has 40 heavy (non-hydrogen) atoms. The number of rotatable bonds is 10. The van der Waals surface area contributed by atoms with Crippen molar-refractivity contribution in [3.63, 3.8) is 0 Å². The van der Waals surface area contributed by atoms with E-state index in [-0.39, 0.29) is 18.3 Å². The number of phenols is 1. The molecule has 0 aliphatic heterocycles. The molecule has 0 spiro atoms. The van der Waals surface area contributed by atoms with E-state index in [1.54, 1.807) is 82.4 Å². The van der Waals surface area contributed by atoms with E-state index in [9.17, 15) is 19.5 Å². The van der Waals surface area contributed by atoms with Gasteiger partial charge in [0, 0.05) is 24.8 Å². The molecule has 0 atom stereocenters. The number of carbonyl (C=O) groups excluding carboxylic acids is 3. The van der Waals surface area contributed by atoms with Gasteiger partial charge in [-0.3, -0.25) is 9.59 Å². The summed E-state index contributed by atoms with van der Waals surface area (Å²) in [6.07, 6.45) is 0.0119. The monoisotopic (exact) mass is 549 g/mol. The van der Waals surface area contributed by atoms with Crippen LogP contribution in [0.25, 0.3) is 0 Å². The molecule has 3 aromatic rings. The summed E-state index contributed by atoms with van der Waals surface area (Å²) < 4.78 is 16.5. The van der Waals surface area contributed by atoms with Crippen molar-refractivity contribution in [1.29, 1.82) is 0 Å². The van der Waals surface area contributed by atoms with Crippen molar-refractivity contribution < 1.29 is 33.7 Å². The first-order valence-corrected chi connectivity index (χ1v) is 12.7. The van der Waals surface area contributed by atoms with E-state index in [2.05, 4.69) is 10.6 Å². The van der Waals surface area contributed by atoms with E-state index in [0.29, 0.717) is 47.0 Å². The predicted molar refractivity (Wildman–Crippen MR) is 153 cm³/mol. The van der Waals surface area contributed by atoms with Crippen molar-refractivity contribution in [2.24, 2.45) is 0 Å². The number of hydrogen-bond acceptors (Lipinski definition) is 7. The van der Waals surface area contributed by atoms with Gasteiger partial charge >= 0.3 is 6.09 Å². The number of anilines is 2. The Labute approximate surface area is 233 Å². The third-order valence-corrected chi connectivity index (χ3v) is 5.62. The first kappa shape index (κ1) is 29.8. The minimum Gasteiger partial charge on any atom is -0.508 e. The first-order valence-electron chi connectivity index (χ1n) is 12.7. The number of methoxy groups -OCH3 is 1. The highest BCUT2D eigenvalue weighted by atomic mass is 16.6. The van der Waals surface area contributed by atoms with Crippen LogP contribution >= 0.6 is 0 Å². The smallest absolute Gasteiger partial charge is 0.407 e. The van der Waals surface area contributed by atoms with Crippen molar-refractivity contribution in [1.82, 2.24) is 5.32 Å². The highest BCUT2D eigenvalue weighted by Gasteiger charge is 2.19. The molecule has 0 saturated heterocycles. The summed E-state index contributed by atoms with van der Waals surface area (Å²) in [5.41, 5.74) is 1.09. The lowest BCUT2D eigenvalue weighted by Crippen LogP contribution is -2.33. The van der Waals surface area contributed by atoms with Gasteiger partial charge in [0.25, 0.3) is 11.8 Å². The summed E-state index contributed by atoms with van der Waals surface area (Å²) in [6, 6.07) is 17.8. The third-order valence-electron chi connectivity index (χ3n) is 5.62. The maximum Gasteiger partial charge on any atom is 0.407 e. The summed E-state index contributed by atoms with van der Waals surface area (Å²) >= 11 is 0. The fourth-order valence-electron chi connectivity index (χ4n) is 3.64. The summed E-state index contributed by atoms with van der Waals surface area (Å²) in [4.78, 5) is 39.4. The number of ether oxygens (including phenoxy) is 3. The van der Waals surface area contributed by atoms with Crippen LogP contribution in [-0.4, -0.2) is 55.9 Å². The van der Waals surface area contributed by atoms with Crippen LogP contribution < -0.4 is 25.0 Å². The van der Waals surface area contributed by atoms with E-state index in [1.807, 2.05) is 0 Å². The molecule has 0 unspecified atom stereocenters. The molecular weight excluding hydrogens is 514 g/mol. The van der Waals surface area contributed by atoms with Gasteiger partial charge in [0.05, 0.1) is 25.0 Å². The van der Waals surface area contributed by atoms with Crippen LogP contribution in [0, 0.1) is 0 Å². The van der Waals surface area contributed by atoms with Crippen LogP contribution in [0.4, 0.5) is 16.2 Å². The average molecular weight is 550 g/mol. The van der Waals surface area contributed by atoms with Gasteiger partial charge in [-0.05, 0) is 81.8 Å². The maximum atomic E-state index is 13.1. The van der Waals surface area contributed by atoms with Gasteiger partial charge in [-0.1, -0.05) is 12.1 Å². The minimum atomic E-state index is -0.574. The molecule has 3 N–H and O–H groups in total. The molecule has 0 radical (unpaired) electrons. The number of nitrogens with one attached hydrogen (secondary N) is 2. The second-order valence-electron chi connectivity index (χ2n) is 9.88. The molecule has 3 amide bonds. The Balaban J connectivity index is 1.63. The Morgan fingerprint density at radius 3 is 2.33 bits per heavy atom. The molecular formula is C30H35N3O7. The molecule has 10 heteroatoms.